The molecule has 4 nitrogen and oxygen atoms in total. The van der Waals surface area contributed by atoms with Crippen LogP contribution in [0.25, 0.3) is 17.2 Å². The summed E-state index contributed by atoms with van der Waals surface area (Å²) >= 11 is 0. The average Bonchev–Trinajstić information content (AvgIpc) is 3.49. The SMILES string of the molecule is C/C(=C\c1cc(C)c(-c2ccc(NCc3ccco3)cc2F)cc1C)C(=O)NC1CCCC1. The predicted molar refractivity (Wildman–Crippen MR) is 131 cm³/mol. The lowest BCUT2D eigenvalue weighted by atomic mass is 9.93. The summed E-state index contributed by atoms with van der Waals surface area (Å²) in [6, 6.07) is 13.2. The van der Waals surface area contributed by atoms with Crippen molar-refractivity contribution in [3.8, 4) is 11.1 Å². The largest absolute Gasteiger partial charge is 0.467 e. The smallest absolute Gasteiger partial charge is 0.247 e. The highest BCUT2D eigenvalue weighted by Crippen LogP contribution is 2.31. The molecule has 0 unspecified atom stereocenters. The molecular weight excluding hydrogens is 415 g/mol. The molecule has 3 aromatic rings. The number of anilines is 1. The lowest BCUT2D eigenvalue weighted by Crippen LogP contribution is -2.33. The Morgan fingerprint density at radius 1 is 1.09 bits per heavy atom. The Hall–Kier alpha value is -3.34. The van der Waals surface area contributed by atoms with Crippen molar-refractivity contribution in [2.75, 3.05) is 5.32 Å². The zero-order valence-corrected chi connectivity index (χ0v) is 19.5. The minimum absolute atomic E-state index is 0.00767. The van der Waals surface area contributed by atoms with E-state index in [-0.39, 0.29) is 11.7 Å². The highest BCUT2D eigenvalue weighted by atomic mass is 19.1. The van der Waals surface area contributed by atoms with E-state index in [1.807, 2.05) is 57.2 Å². The maximum absolute atomic E-state index is 15.0. The number of hydrogen-bond donors (Lipinski definition) is 2. The van der Waals surface area contributed by atoms with Crippen molar-refractivity contribution in [1.82, 2.24) is 5.32 Å². The Kier molecular flexibility index (Phi) is 6.97. The summed E-state index contributed by atoms with van der Waals surface area (Å²) < 4.78 is 20.3. The maximum Gasteiger partial charge on any atom is 0.247 e. The van der Waals surface area contributed by atoms with Gasteiger partial charge in [0.2, 0.25) is 5.91 Å². The molecule has 0 saturated heterocycles. The summed E-state index contributed by atoms with van der Waals surface area (Å²) in [5.74, 6) is 0.505. The van der Waals surface area contributed by atoms with E-state index in [4.69, 9.17) is 4.42 Å². The van der Waals surface area contributed by atoms with Crippen LogP contribution >= 0.6 is 0 Å². The topological polar surface area (TPSA) is 54.3 Å². The third-order valence-electron chi connectivity index (χ3n) is 6.34. The van der Waals surface area contributed by atoms with Crippen LogP contribution in [0, 0.1) is 19.7 Å². The molecule has 0 spiro atoms. The molecule has 1 aromatic heterocycles. The molecule has 172 valence electrons. The highest BCUT2D eigenvalue weighted by molar-refractivity contribution is 5.97. The summed E-state index contributed by atoms with van der Waals surface area (Å²) in [7, 11) is 0. The molecule has 1 aliphatic carbocycles. The van der Waals surface area contributed by atoms with Gasteiger partial charge in [-0.25, -0.2) is 4.39 Å². The Bertz CT molecular complexity index is 1160. The zero-order chi connectivity index (χ0) is 23.4. The van der Waals surface area contributed by atoms with Gasteiger partial charge in [0.25, 0.3) is 0 Å². The third kappa shape index (κ3) is 5.54. The molecule has 0 atom stereocenters. The normalized spacial score (nSPS) is 14.5. The summed E-state index contributed by atoms with van der Waals surface area (Å²) in [5, 5.41) is 6.31. The first kappa shape index (κ1) is 22.8. The van der Waals surface area contributed by atoms with Crippen molar-refractivity contribution in [3.05, 3.63) is 82.6 Å². The molecule has 0 radical (unpaired) electrons. The van der Waals surface area contributed by atoms with Crippen LogP contribution in [-0.2, 0) is 11.3 Å². The van der Waals surface area contributed by atoms with Gasteiger partial charge in [-0.15, -0.1) is 0 Å². The van der Waals surface area contributed by atoms with E-state index in [0.29, 0.717) is 29.4 Å². The summed E-state index contributed by atoms with van der Waals surface area (Å²) in [6.07, 6.45) is 8.04. The van der Waals surface area contributed by atoms with Crippen LogP contribution < -0.4 is 10.6 Å². The minimum atomic E-state index is -0.280. The van der Waals surface area contributed by atoms with Crippen molar-refractivity contribution < 1.29 is 13.6 Å². The fourth-order valence-corrected chi connectivity index (χ4v) is 4.40. The van der Waals surface area contributed by atoms with Crippen molar-refractivity contribution in [2.24, 2.45) is 0 Å². The Labute approximate surface area is 194 Å². The standard InChI is InChI=1S/C28H31FN2O2/c1-18-15-26(25-11-10-23(16-27(25)29)30-17-24-9-6-12-33-24)19(2)13-21(18)14-20(3)28(32)31-22-7-4-5-8-22/h6,9-16,22,30H,4-5,7-8,17H2,1-3H3,(H,31,32)/b20-14+. The van der Waals surface area contributed by atoms with E-state index in [9.17, 15) is 9.18 Å². The minimum Gasteiger partial charge on any atom is -0.467 e. The fourth-order valence-electron chi connectivity index (χ4n) is 4.40. The first-order valence-electron chi connectivity index (χ1n) is 11.6. The van der Waals surface area contributed by atoms with Crippen LogP contribution in [0.5, 0.6) is 0 Å². The first-order chi connectivity index (χ1) is 15.9. The second-order valence-electron chi connectivity index (χ2n) is 8.93. The van der Waals surface area contributed by atoms with Gasteiger partial charge in [0.1, 0.15) is 11.6 Å². The van der Waals surface area contributed by atoms with E-state index >= 15 is 0 Å². The molecule has 2 N–H and O–H groups in total. The van der Waals surface area contributed by atoms with Gasteiger partial charge in [0, 0.05) is 22.9 Å². The fraction of sp³-hybridized carbons (Fsp3) is 0.321. The van der Waals surface area contributed by atoms with E-state index in [1.165, 1.54) is 18.9 Å². The molecule has 5 heteroatoms. The predicted octanol–water partition coefficient (Wildman–Crippen LogP) is 6.78. The van der Waals surface area contributed by atoms with Crippen LogP contribution in [0.2, 0.25) is 0 Å². The number of furan rings is 1. The van der Waals surface area contributed by atoms with Gasteiger partial charge in [-0.2, -0.15) is 0 Å². The van der Waals surface area contributed by atoms with E-state index in [0.717, 1.165) is 40.9 Å². The van der Waals surface area contributed by atoms with Gasteiger partial charge in [-0.3, -0.25) is 4.79 Å². The van der Waals surface area contributed by atoms with E-state index < -0.39 is 0 Å². The van der Waals surface area contributed by atoms with Crippen molar-refractivity contribution in [1.29, 1.82) is 0 Å². The van der Waals surface area contributed by atoms with E-state index in [2.05, 4.69) is 10.6 Å². The zero-order valence-electron chi connectivity index (χ0n) is 19.5. The van der Waals surface area contributed by atoms with Crippen LogP contribution in [0.3, 0.4) is 0 Å². The van der Waals surface area contributed by atoms with Crippen molar-refractivity contribution in [3.63, 3.8) is 0 Å². The molecule has 33 heavy (non-hydrogen) atoms. The van der Waals surface area contributed by atoms with Crippen molar-refractivity contribution in [2.45, 2.75) is 59.0 Å². The lowest BCUT2D eigenvalue weighted by molar-refractivity contribution is -0.118. The molecule has 1 aliphatic rings. The van der Waals surface area contributed by atoms with Gasteiger partial charge in [0.05, 0.1) is 12.8 Å². The van der Waals surface area contributed by atoms with Gasteiger partial charge in [-0.1, -0.05) is 25.0 Å². The second kappa shape index (κ2) is 10.1. The van der Waals surface area contributed by atoms with Crippen molar-refractivity contribution >= 4 is 17.7 Å². The summed E-state index contributed by atoms with van der Waals surface area (Å²) in [5.41, 5.74) is 5.75. The third-order valence-corrected chi connectivity index (χ3v) is 6.34. The van der Waals surface area contributed by atoms with E-state index in [1.54, 1.807) is 12.3 Å². The number of carbonyl (C=O) groups is 1. The number of benzene rings is 2. The first-order valence-corrected chi connectivity index (χ1v) is 11.6. The van der Waals surface area contributed by atoms with Gasteiger partial charge in [-0.05, 0) is 92.3 Å². The van der Waals surface area contributed by atoms with Gasteiger partial charge >= 0.3 is 0 Å². The Balaban J connectivity index is 1.51. The molecule has 1 fully saturated rings. The molecule has 0 bridgehead atoms. The molecule has 4 rings (SSSR count). The van der Waals surface area contributed by atoms with Crippen LogP contribution in [-0.4, -0.2) is 11.9 Å². The summed E-state index contributed by atoms with van der Waals surface area (Å²) in [6.45, 7) is 6.32. The molecule has 1 heterocycles. The Morgan fingerprint density at radius 3 is 2.58 bits per heavy atom. The number of aryl methyl sites for hydroxylation is 2. The van der Waals surface area contributed by atoms with Crippen LogP contribution in [0.1, 0.15) is 55.1 Å². The number of carbonyl (C=O) groups excluding carboxylic acids is 1. The molecule has 1 saturated carbocycles. The molecule has 0 aliphatic heterocycles. The molecule has 1 amide bonds. The average molecular weight is 447 g/mol. The van der Waals surface area contributed by atoms with Crippen LogP contribution in [0.4, 0.5) is 10.1 Å². The number of amides is 1. The monoisotopic (exact) mass is 446 g/mol. The Morgan fingerprint density at radius 2 is 1.88 bits per heavy atom. The van der Waals surface area contributed by atoms with Gasteiger partial charge < -0.3 is 15.1 Å². The number of rotatable bonds is 7. The quantitative estimate of drug-likeness (QED) is 0.394. The number of hydrogen-bond acceptors (Lipinski definition) is 3. The van der Waals surface area contributed by atoms with Gasteiger partial charge in [0.15, 0.2) is 0 Å². The second-order valence-corrected chi connectivity index (χ2v) is 8.93. The number of nitrogens with one attached hydrogen (secondary N) is 2. The molecular formula is C28H31FN2O2. The number of halogens is 1. The maximum atomic E-state index is 15.0. The highest BCUT2D eigenvalue weighted by Gasteiger charge is 2.18. The molecule has 2 aromatic carbocycles. The lowest BCUT2D eigenvalue weighted by Gasteiger charge is -2.14. The van der Waals surface area contributed by atoms with Crippen LogP contribution in [0.15, 0.2) is 58.7 Å². The summed E-state index contributed by atoms with van der Waals surface area (Å²) in [4.78, 5) is 12.6.